The molecule has 0 aliphatic rings. The quantitative estimate of drug-likeness (QED) is 0.0955. The highest BCUT2D eigenvalue weighted by molar-refractivity contribution is 8.70. The highest BCUT2D eigenvalue weighted by Crippen LogP contribution is 2.56. The maximum Gasteiger partial charge on any atom is 0.0892 e. The van der Waals surface area contributed by atoms with E-state index in [0.29, 0.717) is 13.2 Å². The van der Waals surface area contributed by atoms with Crippen LogP contribution in [0.4, 0.5) is 0 Å². The molecule has 0 N–H and O–H groups in total. The first-order chi connectivity index (χ1) is 13.1. The van der Waals surface area contributed by atoms with Crippen LogP contribution in [0, 0.1) is 0 Å². The van der Waals surface area contributed by atoms with Crippen molar-refractivity contribution in [2.75, 3.05) is 13.2 Å². The molecule has 0 saturated heterocycles. The van der Waals surface area contributed by atoms with Crippen LogP contribution in [0.2, 0.25) is 0 Å². The fourth-order valence-electron chi connectivity index (χ4n) is 3.22. The number of hydrogen-bond acceptors (Lipinski definition) is 4. The molecule has 0 unspecified atom stereocenters. The summed E-state index contributed by atoms with van der Waals surface area (Å²) in [6, 6.07) is 0. The second kappa shape index (κ2) is 21.8. The zero-order chi connectivity index (χ0) is 20.1. The monoisotopic (exact) mass is 437 g/mol. The van der Waals surface area contributed by atoms with Crippen molar-refractivity contribution in [3.8, 4) is 0 Å². The largest absolute Gasteiger partial charge is 0.516 e. The van der Waals surface area contributed by atoms with Gasteiger partial charge in [0.1, 0.15) is 0 Å². The molecule has 0 aliphatic carbocycles. The number of unbranched alkanes of at least 4 members (excludes halogenated alkanes) is 16. The van der Waals surface area contributed by atoms with Crippen LogP contribution < -0.4 is 0 Å². The molecule has 0 radical (unpaired) electrons. The van der Waals surface area contributed by atoms with Crippen LogP contribution in [-0.4, -0.2) is 13.2 Å². The van der Waals surface area contributed by atoms with E-state index < -0.39 is 6.12 Å². The maximum absolute atomic E-state index is 5.69. The van der Waals surface area contributed by atoms with Crippen molar-refractivity contribution in [3.05, 3.63) is 0 Å². The van der Waals surface area contributed by atoms with Gasteiger partial charge >= 0.3 is 0 Å². The Kier molecular flexibility index (Phi) is 22.6. The fourth-order valence-corrected chi connectivity index (χ4v) is 4.89. The van der Waals surface area contributed by atoms with Gasteiger partial charge in [0.15, 0.2) is 0 Å². The summed E-state index contributed by atoms with van der Waals surface area (Å²) in [5.41, 5.74) is 0. The summed E-state index contributed by atoms with van der Waals surface area (Å²) in [5, 5.41) is 0. The molecule has 0 heterocycles. The molecule has 2 nitrogen and oxygen atoms in total. The summed E-state index contributed by atoms with van der Waals surface area (Å²) >= 11 is 10.7. The Bertz CT molecular complexity index is 265. The van der Waals surface area contributed by atoms with Crippen LogP contribution in [0.5, 0.6) is 0 Å². The molecular formula is C22H46O2PS2-. The van der Waals surface area contributed by atoms with Crippen LogP contribution >= 0.6 is 6.12 Å². The van der Waals surface area contributed by atoms with Gasteiger partial charge in [-0.25, -0.2) is 0 Å². The van der Waals surface area contributed by atoms with Crippen LogP contribution in [0.1, 0.15) is 129 Å². The predicted molar refractivity (Wildman–Crippen MR) is 128 cm³/mol. The SMILES string of the molecule is CCCCCCCCCCCO[P+]([S-])([S-])OCCCCCCCCCCC. The third-order valence-corrected chi connectivity index (χ3v) is 7.26. The van der Waals surface area contributed by atoms with Crippen LogP contribution in [0.15, 0.2) is 0 Å². The third kappa shape index (κ3) is 23.2. The zero-order valence-corrected chi connectivity index (χ0v) is 20.7. The first kappa shape index (κ1) is 28.1. The molecule has 164 valence electrons. The van der Waals surface area contributed by atoms with Gasteiger partial charge in [0, 0.05) is 6.12 Å². The van der Waals surface area contributed by atoms with E-state index in [4.69, 9.17) is 33.5 Å². The van der Waals surface area contributed by atoms with E-state index in [1.54, 1.807) is 0 Å². The lowest BCUT2D eigenvalue weighted by Gasteiger charge is -2.34. The Balaban J connectivity index is 3.31. The Morgan fingerprint density at radius 2 is 0.704 bits per heavy atom. The lowest BCUT2D eigenvalue weighted by Crippen LogP contribution is -2.01. The minimum absolute atomic E-state index is 0.675. The molecule has 0 aromatic carbocycles. The van der Waals surface area contributed by atoms with E-state index in [1.807, 2.05) is 0 Å². The highest BCUT2D eigenvalue weighted by Gasteiger charge is 2.10. The van der Waals surface area contributed by atoms with Gasteiger partial charge in [0.05, 0.1) is 13.2 Å². The second-order valence-electron chi connectivity index (χ2n) is 7.77. The average molecular weight is 438 g/mol. The minimum atomic E-state index is -2.42. The zero-order valence-electron chi connectivity index (χ0n) is 18.2. The Hall–Kier alpha value is 1.05. The second-order valence-corrected chi connectivity index (χ2v) is 12.8. The van der Waals surface area contributed by atoms with E-state index in [0.717, 1.165) is 12.8 Å². The minimum Gasteiger partial charge on any atom is -0.516 e. The molecule has 0 aromatic heterocycles. The van der Waals surface area contributed by atoms with Gasteiger partial charge < -0.3 is 24.5 Å². The van der Waals surface area contributed by atoms with E-state index in [9.17, 15) is 0 Å². The predicted octanol–water partition coefficient (Wildman–Crippen LogP) is 8.85. The molecule has 0 amide bonds. The van der Waals surface area contributed by atoms with Gasteiger partial charge in [0.25, 0.3) is 0 Å². The smallest absolute Gasteiger partial charge is 0.0892 e. The molecule has 0 aromatic rings. The summed E-state index contributed by atoms with van der Waals surface area (Å²) in [6.45, 7) is 5.88. The van der Waals surface area contributed by atoms with E-state index >= 15 is 0 Å². The Morgan fingerprint density at radius 1 is 0.444 bits per heavy atom. The van der Waals surface area contributed by atoms with Crippen LogP contribution in [-0.2, 0) is 33.5 Å². The Labute approximate surface area is 182 Å². The van der Waals surface area contributed by atoms with Gasteiger partial charge in [-0.05, 0) is 12.8 Å². The van der Waals surface area contributed by atoms with Crippen molar-refractivity contribution >= 4 is 30.6 Å². The lowest BCUT2D eigenvalue weighted by atomic mass is 10.1. The molecule has 5 heteroatoms. The molecule has 0 rings (SSSR count). The molecular weight excluding hydrogens is 391 g/mol. The van der Waals surface area contributed by atoms with Gasteiger partial charge in [-0.3, -0.25) is 9.05 Å². The van der Waals surface area contributed by atoms with Crippen molar-refractivity contribution < 1.29 is 9.05 Å². The van der Waals surface area contributed by atoms with Crippen molar-refractivity contribution in [3.63, 3.8) is 0 Å². The number of hydrogen-bond donors (Lipinski definition) is 0. The molecule has 0 spiro atoms. The lowest BCUT2D eigenvalue weighted by molar-refractivity contribution is 0.247. The van der Waals surface area contributed by atoms with E-state index in [2.05, 4.69) is 13.8 Å². The molecule has 0 atom stereocenters. The van der Waals surface area contributed by atoms with Gasteiger partial charge in [-0.1, -0.05) is 117 Å². The average Bonchev–Trinajstić information content (AvgIpc) is 2.64. The van der Waals surface area contributed by atoms with Gasteiger partial charge in [-0.2, -0.15) is 0 Å². The molecule has 0 aliphatic heterocycles. The molecule has 0 fully saturated rings. The topological polar surface area (TPSA) is 18.5 Å². The molecule has 27 heavy (non-hydrogen) atoms. The van der Waals surface area contributed by atoms with E-state index in [1.165, 1.54) is 103 Å². The normalized spacial score (nSPS) is 12.0. The molecule has 0 bridgehead atoms. The fraction of sp³-hybridized carbons (Fsp3) is 1.00. The first-order valence-electron chi connectivity index (χ1n) is 11.7. The highest BCUT2D eigenvalue weighted by atomic mass is 33.1. The summed E-state index contributed by atoms with van der Waals surface area (Å²) < 4.78 is 11.4. The standard InChI is InChI=1S/C22H47O2PS2/c1-3-5-7-9-11-13-15-17-19-21-23-25(26,27)24-22-20-18-16-14-12-10-8-6-4-2/h3-22H2,1-2H3,(H,26,27)/p-1. The van der Waals surface area contributed by atoms with E-state index in [-0.39, 0.29) is 0 Å². The summed E-state index contributed by atoms with van der Waals surface area (Å²) in [4.78, 5) is 0. The van der Waals surface area contributed by atoms with Crippen LogP contribution in [0.25, 0.3) is 0 Å². The Morgan fingerprint density at radius 3 is 1.00 bits per heavy atom. The van der Waals surface area contributed by atoms with Crippen molar-refractivity contribution in [2.45, 2.75) is 129 Å². The summed E-state index contributed by atoms with van der Waals surface area (Å²) in [7, 11) is 0. The first-order valence-corrected chi connectivity index (χ1v) is 15.4. The summed E-state index contributed by atoms with van der Waals surface area (Å²) in [5.74, 6) is 0. The van der Waals surface area contributed by atoms with Crippen molar-refractivity contribution in [1.29, 1.82) is 0 Å². The maximum atomic E-state index is 5.69. The molecule has 0 saturated carbocycles. The van der Waals surface area contributed by atoms with Crippen molar-refractivity contribution in [2.24, 2.45) is 0 Å². The number of rotatable bonds is 22. The van der Waals surface area contributed by atoms with Gasteiger partial charge in [0.2, 0.25) is 0 Å². The van der Waals surface area contributed by atoms with Gasteiger partial charge in [-0.15, -0.1) is 0 Å². The summed E-state index contributed by atoms with van der Waals surface area (Å²) in [6.07, 6.45) is 21.2. The third-order valence-electron chi connectivity index (χ3n) is 4.99. The van der Waals surface area contributed by atoms with Crippen molar-refractivity contribution in [1.82, 2.24) is 0 Å². The van der Waals surface area contributed by atoms with Crippen LogP contribution in [0.3, 0.4) is 0 Å².